The van der Waals surface area contributed by atoms with E-state index in [4.69, 9.17) is 0 Å². The van der Waals surface area contributed by atoms with E-state index in [1.165, 1.54) is 42.8 Å². The van der Waals surface area contributed by atoms with Crippen LogP contribution in [0.2, 0.25) is 0 Å². The van der Waals surface area contributed by atoms with Gasteiger partial charge in [-0.25, -0.2) is 0 Å². The maximum absolute atomic E-state index is 10.2. The summed E-state index contributed by atoms with van der Waals surface area (Å²) in [6, 6.07) is 2.41. The average Bonchev–Trinajstić information content (AvgIpc) is 2.85. The number of likely N-dealkylation sites (tertiary alicyclic amines) is 2. The molecule has 2 saturated heterocycles. The van der Waals surface area contributed by atoms with Gasteiger partial charge in [0, 0.05) is 24.5 Å². The van der Waals surface area contributed by atoms with Crippen LogP contribution in [0, 0.1) is 0 Å². The van der Waals surface area contributed by atoms with Crippen molar-refractivity contribution in [2.24, 2.45) is 0 Å². The molecule has 1 atom stereocenters. The number of hydrogen-bond donors (Lipinski definition) is 1. The molecule has 4 heteroatoms. The molecular weight excluding hydrogens is 292 g/mol. The Morgan fingerprint density at radius 1 is 1.00 bits per heavy atom. The first kappa shape index (κ1) is 16.4. The molecular formula is C18H30N2OS. The molecule has 0 saturated carbocycles. The van der Waals surface area contributed by atoms with Crippen LogP contribution < -0.4 is 0 Å². The van der Waals surface area contributed by atoms with Gasteiger partial charge in [0.1, 0.15) is 0 Å². The predicted molar refractivity (Wildman–Crippen MR) is 93.2 cm³/mol. The van der Waals surface area contributed by atoms with Crippen molar-refractivity contribution in [1.82, 2.24) is 9.80 Å². The van der Waals surface area contributed by atoms with Crippen LogP contribution in [0.15, 0.2) is 11.4 Å². The maximum atomic E-state index is 10.2. The standard InChI is InChI=1S/C18H30N2OS/c1-18(21)6-5-10-20(11-7-18)14-17-12-16(15-22-17)13-19-8-3-2-4-9-19/h12,15,21H,2-11,13-14H2,1H3. The number of rotatable bonds is 4. The summed E-state index contributed by atoms with van der Waals surface area (Å²) in [5, 5.41) is 12.5. The average molecular weight is 323 g/mol. The van der Waals surface area contributed by atoms with E-state index in [0.29, 0.717) is 0 Å². The van der Waals surface area contributed by atoms with E-state index in [0.717, 1.165) is 45.4 Å². The van der Waals surface area contributed by atoms with Crippen LogP contribution in [0.3, 0.4) is 0 Å². The zero-order valence-electron chi connectivity index (χ0n) is 13.9. The Bertz CT molecular complexity index is 465. The van der Waals surface area contributed by atoms with E-state index < -0.39 is 5.60 Å². The van der Waals surface area contributed by atoms with Crippen LogP contribution in [0.4, 0.5) is 0 Å². The Kier molecular flexibility index (Phi) is 5.55. The van der Waals surface area contributed by atoms with Gasteiger partial charge >= 0.3 is 0 Å². The molecule has 2 aliphatic rings. The summed E-state index contributed by atoms with van der Waals surface area (Å²) in [4.78, 5) is 6.59. The van der Waals surface area contributed by atoms with Crippen molar-refractivity contribution >= 4 is 11.3 Å². The van der Waals surface area contributed by atoms with Crippen LogP contribution >= 0.6 is 11.3 Å². The molecule has 0 aliphatic carbocycles. The number of piperidine rings is 1. The number of aliphatic hydroxyl groups is 1. The van der Waals surface area contributed by atoms with Gasteiger partial charge in [-0.05, 0) is 75.7 Å². The molecule has 124 valence electrons. The Balaban J connectivity index is 1.50. The lowest BCUT2D eigenvalue weighted by Gasteiger charge is -2.25. The SMILES string of the molecule is CC1(O)CCCN(Cc2cc(CN3CCCCC3)cs2)CC1. The molecule has 0 aromatic carbocycles. The van der Waals surface area contributed by atoms with E-state index >= 15 is 0 Å². The smallest absolute Gasteiger partial charge is 0.0632 e. The maximum Gasteiger partial charge on any atom is 0.0632 e. The predicted octanol–water partition coefficient (Wildman–Crippen LogP) is 3.47. The Labute approximate surface area is 138 Å². The molecule has 0 bridgehead atoms. The van der Waals surface area contributed by atoms with Gasteiger partial charge in [0.2, 0.25) is 0 Å². The first-order chi connectivity index (χ1) is 10.6. The fraction of sp³-hybridized carbons (Fsp3) is 0.778. The van der Waals surface area contributed by atoms with E-state index in [1.807, 2.05) is 18.3 Å². The largest absolute Gasteiger partial charge is 0.390 e. The highest BCUT2D eigenvalue weighted by atomic mass is 32.1. The third-order valence-corrected chi connectivity index (χ3v) is 6.07. The van der Waals surface area contributed by atoms with Gasteiger partial charge in [-0.15, -0.1) is 11.3 Å². The molecule has 2 fully saturated rings. The van der Waals surface area contributed by atoms with Crippen molar-refractivity contribution in [3.63, 3.8) is 0 Å². The molecule has 1 unspecified atom stereocenters. The lowest BCUT2D eigenvalue weighted by molar-refractivity contribution is 0.0444. The summed E-state index contributed by atoms with van der Waals surface area (Å²) in [5.74, 6) is 0. The van der Waals surface area contributed by atoms with Crippen LogP contribution in [0.25, 0.3) is 0 Å². The quantitative estimate of drug-likeness (QED) is 0.919. The van der Waals surface area contributed by atoms with Crippen LogP contribution in [-0.2, 0) is 13.1 Å². The molecule has 0 spiro atoms. The Morgan fingerprint density at radius 2 is 1.73 bits per heavy atom. The summed E-state index contributed by atoms with van der Waals surface area (Å²) in [7, 11) is 0. The normalized spacial score (nSPS) is 28.6. The first-order valence-corrected chi connectivity index (χ1v) is 9.72. The zero-order valence-corrected chi connectivity index (χ0v) is 14.7. The Hall–Kier alpha value is -0.420. The van der Waals surface area contributed by atoms with Gasteiger partial charge in [-0.2, -0.15) is 0 Å². The molecule has 3 heterocycles. The molecule has 3 rings (SSSR count). The summed E-state index contributed by atoms with van der Waals surface area (Å²) >= 11 is 1.91. The van der Waals surface area contributed by atoms with Crippen molar-refractivity contribution < 1.29 is 5.11 Å². The van der Waals surface area contributed by atoms with E-state index in [2.05, 4.69) is 21.2 Å². The third-order valence-electron chi connectivity index (χ3n) is 5.10. The molecule has 3 nitrogen and oxygen atoms in total. The minimum Gasteiger partial charge on any atom is -0.390 e. The summed E-state index contributed by atoms with van der Waals surface area (Å²) in [6.07, 6.45) is 7.09. The van der Waals surface area contributed by atoms with E-state index in [-0.39, 0.29) is 0 Å². The molecule has 0 amide bonds. The van der Waals surface area contributed by atoms with Crippen LogP contribution in [0.1, 0.15) is 55.9 Å². The monoisotopic (exact) mass is 322 g/mol. The Morgan fingerprint density at radius 3 is 2.55 bits per heavy atom. The molecule has 1 aromatic heterocycles. The van der Waals surface area contributed by atoms with Crippen molar-refractivity contribution in [3.8, 4) is 0 Å². The summed E-state index contributed by atoms with van der Waals surface area (Å²) in [6.45, 7) is 8.85. The topological polar surface area (TPSA) is 26.7 Å². The number of hydrogen-bond acceptors (Lipinski definition) is 4. The molecule has 1 N–H and O–H groups in total. The fourth-order valence-corrected chi connectivity index (χ4v) is 4.59. The van der Waals surface area contributed by atoms with E-state index in [1.54, 1.807) is 0 Å². The van der Waals surface area contributed by atoms with Gasteiger partial charge < -0.3 is 5.11 Å². The van der Waals surface area contributed by atoms with Gasteiger partial charge in [-0.1, -0.05) is 6.42 Å². The summed E-state index contributed by atoms with van der Waals surface area (Å²) in [5.41, 5.74) is 1.03. The van der Waals surface area contributed by atoms with Gasteiger partial charge in [0.15, 0.2) is 0 Å². The molecule has 0 radical (unpaired) electrons. The highest BCUT2D eigenvalue weighted by Gasteiger charge is 2.25. The van der Waals surface area contributed by atoms with Crippen molar-refractivity contribution in [2.75, 3.05) is 26.2 Å². The number of nitrogens with zero attached hydrogens (tertiary/aromatic N) is 2. The second-order valence-corrected chi connectivity index (χ2v) is 8.38. The lowest BCUT2D eigenvalue weighted by Crippen LogP contribution is -2.29. The van der Waals surface area contributed by atoms with Crippen molar-refractivity contribution in [3.05, 3.63) is 21.9 Å². The minimum absolute atomic E-state index is 0.455. The first-order valence-electron chi connectivity index (χ1n) is 8.84. The fourth-order valence-electron chi connectivity index (χ4n) is 3.67. The minimum atomic E-state index is -0.455. The van der Waals surface area contributed by atoms with Crippen molar-refractivity contribution in [1.29, 1.82) is 0 Å². The second kappa shape index (κ2) is 7.43. The van der Waals surface area contributed by atoms with Crippen LogP contribution in [-0.4, -0.2) is 46.7 Å². The van der Waals surface area contributed by atoms with Gasteiger partial charge in [-0.3, -0.25) is 9.80 Å². The highest BCUT2D eigenvalue weighted by Crippen LogP contribution is 2.24. The number of thiophene rings is 1. The van der Waals surface area contributed by atoms with Crippen molar-refractivity contribution in [2.45, 2.75) is 64.1 Å². The molecule has 1 aromatic rings. The second-order valence-electron chi connectivity index (χ2n) is 7.38. The highest BCUT2D eigenvalue weighted by molar-refractivity contribution is 7.10. The zero-order chi connectivity index (χ0) is 15.4. The van der Waals surface area contributed by atoms with Gasteiger partial charge in [0.05, 0.1) is 5.60 Å². The summed E-state index contributed by atoms with van der Waals surface area (Å²) < 4.78 is 0. The van der Waals surface area contributed by atoms with Crippen LogP contribution in [0.5, 0.6) is 0 Å². The lowest BCUT2D eigenvalue weighted by atomic mass is 9.98. The third kappa shape index (κ3) is 4.79. The van der Waals surface area contributed by atoms with Gasteiger partial charge in [0.25, 0.3) is 0 Å². The van der Waals surface area contributed by atoms with E-state index in [9.17, 15) is 5.11 Å². The molecule has 2 aliphatic heterocycles. The molecule has 22 heavy (non-hydrogen) atoms.